The van der Waals surface area contributed by atoms with Crippen LogP contribution in [-0.4, -0.2) is 72.6 Å². The molecule has 2 aliphatic rings. The number of carbonyl (C=O) groups is 2. The van der Waals surface area contributed by atoms with Crippen LogP contribution in [0.15, 0.2) is 22.4 Å². The number of hydrogen-bond donors (Lipinski definition) is 0. The van der Waals surface area contributed by atoms with Gasteiger partial charge in [0.25, 0.3) is 5.91 Å². The molecule has 0 atom stereocenters. The van der Waals surface area contributed by atoms with Gasteiger partial charge in [0.2, 0.25) is 10.0 Å². The number of methoxy groups -OCH3 is 1. The van der Waals surface area contributed by atoms with E-state index in [-0.39, 0.29) is 41.9 Å². The van der Waals surface area contributed by atoms with Crippen molar-refractivity contribution in [2.45, 2.75) is 30.7 Å². The van der Waals surface area contributed by atoms with Gasteiger partial charge < -0.3 is 9.64 Å². The van der Waals surface area contributed by atoms with Crippen LogP contribution in [0.2, 0.25) is 0 Å². The van der Waals surface area contributed by atoms with Gasteiger partial charge in [0.1, 0.15) is 9.77 Å². The van der Waals surface area contributed by atoms with Crippen LogP contribution in [0, 0.1) is 0 Å². The van der Waals surface area contributed by atoms with Gasteiger partial charge in [-0.3, -0.25) is 9.48 Å². The number of amides is 1. The van der Waals surface area contributed by atoms with Gasteiger partial charge in [-0.25, -0.2) is 13.2 Å². The van der Waals surface area contributed by atoms with Crippen LogP contribution in [0.1, 0.15) is 38.7 Å². The molecule has 0 radical (unpaired) electrons. The molecule has 0 unspecified atom stereocenters. The Morgan fingerprint density at radius 3 is 2.59 bits per heavy atom. The van der Waals surface area contributed by atoms with Crippen molar-refractivity contribution in [3.63, 3.8) is 0 Å². The van der Waals surface area contributed by atoms with E-state index in [4.69, 9.17) is 0 Å². The maximum absolute atomic E-state index is 13.0. The topological polar surface area (TPSA) is 102 Å². The summed E-state index contributed by atoms with van der Waals surface area (Å²) in [5.41, 5.74) is 1.50. The molecule has 11 heteroatoms. The Hall–Kier alpha value is -2.24. The lowest BCUT2D eigenvalue weighted by Crippen LogP contribution is -2.50. The fourth-order valence-corrected chi connectivity index (χ4v) is 6.43. The van der Waals surface area contributed by atoms with Crippen LogP contribution in [0.3, 0.4) is 0 Å². The second-order valence-corrected chi connectivity index (χ2v) is 9.83. The molecular weight excluding hydrogens is 416 g/mol. The summed E-state index contributed by atoms with van der Waals surface area (Å²) in [6.07, 6.45) is 3.09. The predicted molar refractivity (Wildman–Crippen MR) is 105 cm³/mol. The van der Waals surface area contributed by atoms with Gasteiger partial charge >= 0.3 is 5.97 Å². The van der Waals surface area contributed by atoms with Crippen LogP contribution in [0.25, 0.3) is 0 Å². The summed E-state index contributed by atoms with van der Waals surface area (Å²) in [5.74, 6) is -0.842. The summed E-state index contributed by atoms with van der Waals surface area (Å²) in [6.45, 7) is 1.71. The molecule has 2 aromatic rings. The minimum absolute atomic E-state index is 0.0455. The minimum atomic E-state index is -3.84. The van der Waals surface area contributed by atoms with Crippen molar-refractivity contribution in [1.82, 2.24) is 19.0 Å². The lowest BCUT2D eigenvalue weighted by molar-refractivity contribution is 0.0602. The molecule has 4 rings (SSSR count). The van der Waals surface area contributed by atoms with Gasteiger partial charge in [0.15, 0.2) is 5.69 Å². The van der Waals surface area contributed by atoms with Gasteiger partial charge in [-0.05, 0) is 36.8 Å². The number of thiophene rings is 1. The van der Waals surface area contributed by atoms with Crippen LogP contribution < -0.4 is 0 Å². The highest BCUT2D eigenvalue weighted by atomic mass is 32.2. The fourth-order valence-electron chi connectivity index (χ4n) is 3.70. The molecule has 0 spiro atoms. The number of carbonyl (C=O) groups excluding carboxylic acids is 2. The number of sulfonamides is 1. The Morgan fingerprint density at radius 1 is 1.14 bits per heavy atom. The second kappa shape index (κ2) is 7.88. The minimum Gasteiger partial charge on any atom is -0.465 e. The SMILES string of the molecule is COC(=O)c1sccc1S(=O)(=O)N1CCN(C(=O)c2cc3n(n2)CCCC3)CC1. The molecular formula is C18H22N4O5S2. The number of ether oxygens (including phenoxy) is 1. The summed E-state index contributed by atoms with van der Waals surface area (Å²) < 4.78 is 33.8. The molecule has 1 saturated heterocycles. The number of nitrogens with zero attached hydrogens (tertiary/aromatic N) is 4. The molecule has 1 fully saturated rings. The van der Waals surface area contributed by atoms with Crippen molar-refractivity contribution in [2.24, 2.45) is 0 Å². The van der Waals surface area contributed by atoms with Crippen molar-refractivity contribution >= 4 is 33.2 Å². The van der Waals surface area contributed by atoms with E-state index in [1.807, 2.05) is 10.7 Å². The van der Waals surface area contributed by atoms with E-state index in [1.165, 1.54) is 17.5 Å². The van der Waals surface area contributed by atoms with Crippen molar-refractivity contribution in [2.75, 3.05) is 33.3 Å². The third-order valence-electron chi connectivity index (χ3n) is 5.28. The van der Waals surface area contributed by atoms with Crippen molar-refractivity contribution in [1.29, 1.82) is 0 Å². The molecule has 9 nitrogen and oxygen atoms in total. The lowest BCUT2D eigenvalue weighted by Gasteiger charge is -2.33. The van der Waals surface area contributed by atoms with E-state index in [2.05, 4.69) is 9.84 Å². The highest BCUT2D eigenvalue weighted by molar-refractivity contribution is 7.89. The monoisotopic (exact) mass is 438 g/mol. The van der Waals surface area contributed by atoms with E-state index in [1.54, 1.807) is 10.3 Å². The van der Waals surface area contributed by atoms with Crippen LogP contribution in [-0.2, 0) is 27.7 Å². The highest BCUT2D eigenvalue weighted by Gasteiger charge is 2.34. The van der Waals surface area contributed by atoms with E-state index in [0.717, 1.165) is 42.8 Å². The van der Waals surface area contributed by atoms with E-state index < -0.39 is 16.0 Å². The number of aromatic nitrogens is 2. The van der Waals surface area contributed by atoms with Crippen molar-refractivity contribution < 1.29 is 22.7 Å². The van der Waals surface area contributed by atoms with Gasteiger partial charge in [-0.15, -0.1) is 11.3 Å². The Morgan fingerprint density at radius 2 is 1.90 bits per heavy atom. The van der Waals surface area contributed by atoms with Crippen molar-refractivity contribution in [3.8, 4) is 0 Å². The number of esters is 1. The first-order valence-corrected chi connectivity index (χ1v) is 11.8. The predicted octanol–water partition coefficient (Wildman–Crippen LogP) is 1.21. The first-order chi connectivity index (χ1) is 13.9. The van der Waals surface area contributed by atoms with E-state index in [9.17, 15) is 18.0 Å². The number of piperazine rings is 1. The zero-order chi connectivity index (χ0) is 20.6. The number of aryl methyl sites for hydroxylation is 2. The summed E-state index contributed by atoms with van der Waals surface area (Å²) in [6, 6.07) is 3.26. The molecule has 29 heavy (non-hydrogen) atoms. The third kappa shape index (κ3) is 3.69. The molecule has 0 aromatic carbocycles. The molecule has 0 aliphatic carbocycles. The first-order valence-electron chi connectivity index (χ1n) is 9.44. The van der Waals surface area contributed by atoms with Crippen LogP contribution in [0.4, 0.5) is 0 Å². The number of fused-ring (bicyclic) bond motifs is 1. The average molecular weight is 439 g/mol. The smallest absolute Gasteiger partial charge is 0.349 e. The summed E-state index contributed by atoms with van der Waals surface area (Å²) in [5, 5.41) is 5.97. The summed E-state index contributed by atoms with van der Waals surface area (Å²) in [7, 11) is -2.62. The maximum Gasteiger partial charge on any atom is 0.349 e. The largest absolute Gasteiger partial charge is 0.465 e. The summed E-state index contributed by atoms with van der Waals surface area (Å²) in [4.78, 5) is 26.3. The van der Waals surface area contributed by atoms with Crippen LogP contribution >= 0.6 is 11.3 Å². The molecule has 2 aromatic heterocycles. The molecule has 2 aliphatic heterocycles. The van der Waals surface area contributed by atoms with E-state index in [0.29, 0.717) is 5.69 Å². The normalized spacial score (nSPS) is 17.8. The quantitative estimate of drug-likeness (QED) is 0.665. The molecule has 0 bridgehead atoms. The van der Waals surface area contributed by atoms with Crippen LogP contribution in [0.5, 0.6) is 0 Å². The van der Waals surface area contributed by atoms with Gasteiger partial charge in [-0.1, -0.05) is 0 Å². The van der Waals surface area contributed by atoms with Crippen molar-refractivity contribution in [3.05, 3.63) is 33.8 Å². The third-order valence-corrected chi connectivity index (χ3v) is 8.24. The molecule has 1 amide bonds. The zero-order valence-corrected chi connectivity index (χ0v) is 17.7. The molecule has 4 heterocycles. The maximum atomic E-state index is 13.0. The standard InChI is InChI=1S/C18H22N4O5S2/c1-27-18(24)16-15(5-11-28-16)29(25,26)21-9-7-20(8-10-21)17(23)14-12-13-4-2-3-6-22(13)19-14/h5,11-12H,2-4,6-10H2,1H3. The second-order valence-electron chi connectivity index (χ2n) is 7.00. The number of hydrogen-bond acceptors (Lipinski definition) is 7. The highest BCUT2D eigenvalue weighted by Crippen LogP contribution is 2.27. The number of rotatable bonds is 4. The first kappa shape index (κ1) is 20.0. The van der Waals surface area contributed by atoms with Gasteiger partial charge in [0, 0.05) is 38.4 Å². The van der Waals surface area contributed by atoms with Gasteiger partial charge in [0.05, 0.1) is 7.11 Å². The van der Waals surface area contributed by atoms with E-state index >= 15 is 0 Å². The average Bonchev–Trinajstić information content (AvgIpc) is 3.40. The Balaban J connectivity index is 1.45. The lowest BCUT2D eigenvalue weighted by atomic mass is 10.1. The van der Waals surface area contributed by atoms with Gasteiger partial charge in [-0.2, -0.15) is 9.40 Å². The Labute approximate surface area is 172 Å². The summed E-state index contributed by atoms with van der Waals surface area (Å²) >= 11 is 1.03. The Kier molecular flexibility index (Phi) is 5.45. The molecule has 0 saturated carbocycles. The fraction of sp³-hybridized carbons (Fsp3) is 0.500. The molecule has 0 N–H and O–H groups in total. The zero-order valence-electron chi connectivity index (χ0n) is 16.0. The molecule has 156 valence electrons. The Bertz CT molecular complexity index is 1010.